The third-order valence-corrected chi connectivity index (χ3v) is 2.47. The Morgan fingerprint density at radius 3 is 2.71 bits per heavy atom. The van der Waals surface area contributed by atoms with E-state index in [1.807, 2.05) is 0 Å². The van der Waals surface area contributed by atoms with Crippen LogP contribution in [0.25, 0.3) is 0 Å². The standard InChI is InChI=1S/C11H14N2O4/c1-7(6-14)13(2)10(15)8-3-4-12-9(5-8)11(16)17/h3-5,7,14H,6H2,1-2H3,(H,16,17). The van der Waals surface area contributed by atoms with Crippen molar-refractivity contribution in [2.24, 2.45) is 0 Å². The predicted molar refractivity (Wildman–Crippen MR) is 59.8 cm³/mol. The molecule has 2 N–H and O–H groups in total. The van der Waals surface area contributed by atoms with E-state index in [1.54, 1.807) is 14.0 Å². The molecule has 0 aliphatic rings. The Labute approximate surface area is 98.5 Å². The number of hydrogen-bond donors (Lipinski definition) is 2. The lowest BCUT2D eigenvalue weighted by Crippen LogP contribution is -2.37. The second kappa shape index (κ2) is 5.40. The van der Waals surface area contributed by atoms with Gasteiger partial charge < -0.3 is 15.1 Å². The molecule has 0 aliphatic carbocycles. The normalized spacial score (nSPS) is 11.9. The summed E-state index contributed by atoms with van der Waals surface area (Å²) in [4.78, 5) is 27.6. The van der Waals surface area contributed by atoms with Gasteiger partial charge in [0.05, 0.1) is 12.6 Å². The molecule has 1 heterocycles. The number of carboxylic acids is 1. The number of nitrogens with zero attached hydrogens (tertiary/aromatic N) is 2. The van der Waals surface area contributed by atoms with Gasteiger partial charge in [-0.25, -0.2) is 9.78 Å². The summed E-state index contributed by atoms with van der Waals surface area (Å²) in [6.07, 6.45) is 1.27. The van der Waals surface area contributed by atoms with Gasteiger partial charge in [0.25, 0.3) is 5.91 Å². The fourth-order valence-electron chi connectivity index (χ4n) is 1.21. The number of carbonyl (C=O) groups is 2. The van der Waals surface area contributed by atoms with Crippen LogP contribution < -0.4 is 0 Å². The minimum absolute atomic E-state index is 0.154. The molecule has 0 saturated carbocycles. The predicted octanol–water partition coefficient (Wildman–Crippen LogP) is 0.233. The lowest BCUT2D eigenvalue weighted by Gasteiger charge is -2.23. The molecule has 0 aromatic carbocycles. The van der Waals surface area contributed by atoms with Gasteiger partial charge in [0.15, 0.2) is 0 Å². The van der Waals surface area contributed by atoms with Crippen molar-refractivity contribution < 1.29 is 19.8 Å². The second-order valence-corrected chi connectivity index (χ2v) is 3.68. The maximum Gasteiger partial charge on any atom is 0.354 e. The molecule has 0 fully saturated rings. The zero-order valence-corrected chi connectivity index (χ0v) is 9.62. The van der Waals surface area contributed by atoms with E-state index >= 15 is 0 Å². The van der Waals surface area contributed by atoms with Crippen LogP contribution in [-0.4, -0.2) is 51.7 Å². The zero-order chi connectivity index (χ0) is 13.0. The Hall–Kier alpha value is -1.95. The van der Waals surface area contributed by atoms with Gasteiger partial charge in [0, 0.05) is 18.8 Å². The first kappa shape index (κ1) is 13.1. The fourth-order valence-corrected chi connectivity index (χ4v) is 1.21. The topological polar surface area (TPSA) is 90.7 Å². The number of aliphatic hydroxyl groups is 1. The van der Waals surface area contributed by atoms with Crippen molar-refractivity contribution in [3.63, 3.8) is 0 Å². The van der Waals surface area contributed by atoms with Crippen LogP contribution in [0.4, 0.5) is 0 Å². The molecule has 6 heteroatoms. The first-order valence-electron chi connectivity index (χ1n) is 5.04. The highest BCUT2D eigenvalue weighted by atomic mass is 16.4. The third-order valence-electron chi connectivity index (χ3n) is 2.47. The molecule has 0 saturated heterocycles. The summed E-state index contributed by atoms with van der Waals surface area (Å²) in [7, 11) is 1.55. The lowest BCUT2D eigenvalue weighted by atomic mass is 10.2. The number of aliphatic hydroxyl groups excluding tert-OH is 1. The number of pyridine rings is 1. The Morgan fingerprint density at radius 1 is 1.53 bits per heavy atom. The Balaban J connectivity index is 2.96. The van der Waals surface area contributed by atoms with Crippen molar-refractivity contribution in [3.8, 4) is 0 Å². The van der Waals surface area contributed by atoms with Gasteiger partial charge >= 0.3 is 5.97 Å². The Morgan fingerprint density at radius 2 is 2.18 bits per heavy atom. The SMILES string of the molecule is CC(CO)N(C)C(=O)c1ccnc(C(=O)O)c1. The molecule has 1 aromatic heterocycles. The monoisotopic (exact) mass is 238 g/mol. The Bertz CT molecular complexity index is 433. The molecule has 1 unspecified atom stereocenters. The lowest BCUT2D eigenvalue weighted by molar-refractivity contribution is 0.0681. The first-order chi connectivity index (χ1) is 7.97. The van der Waals surface area contributed by atoms with Gasteiger partial charge in [-0.15, -0.1) is 0 Å². The van der Waals surface area contributed by atoms with Gasteiger partial charge in [-0.1, -0.05) is 0 Å². The number of aromatic nitrogens is 1. The molecule has 1 atom stereocenters. The van der Waals surface area contributed by atoms with E-state index < -0.39 is 5.97 Å². The smallest absolute Gasteiger partial charge is 0.354 e. The van der Waals surface area contributed by atoms with E-state index in [1.165, 1.54) is 23.2 Å². The molecule has 0 aliphatic heterocycles. The fraction of sp³-hybridized carbons (Fsp3) is 0.364. The molecule has 1 aromatic rings. The summed E-state index contributed by atoms with van der Waals surface area (Å²) in [5, 5.41) is 17.7. The maximum absolute atomic E-state index is 11.9. The largest absolute Gasteiger partial charge is 0.477 e. The summed E-state index contributed by atoms with van der Waals surface area (Å²) in [6.45, 7) is 1.54. The molecule has 92 valence electrons. The number of aromatic carboxylic acids is 1. The van der Waals surface area contributed by atoms with E-state index in [0.717, 1.165) is 0 Å². The van der Waals surface area contributed by atoms with Gasteiger partial charge in [0.1, 0.15) is 5.69 Å². The third kappa shape index (κ3) is 3.01. The first-order valence-corrected chi connectivity index (χ1v) is 5.04. The number of hydrogen-bond acceptors (Lipinski definition) is 4. The van der Waals surface area contributed by atoms with E-state index in [-0.39, 0.29) is 29.8 Å². The summed E-state index contributed by atoms with van der Waals surface area (Å²) < 4.78 is 0. The van der Waals surface area contributed by atoms with Crippen LogP contribution in [0.2, 0.25) is 0 Å². The molecule has 0 bridgehead atoms. The minimum atomic E-state index is -1.18. The number of carboxylic acid groups (broad SMARTS) is 1. The van der Waals surface area contributed by atoms with E-state index in [4.69, 9.17) is 10.2 Å². The summed E-state index contributed by atoms with van der Waals surface area (Å²) >= 11 is 0. The van der Waals surface area contributed by atoms with Crippen LogP contribution in [0.3, 0.4) is 0 Å². The van der Waals surface area contributed by atoms with Crippen molar-refractivity contribution in [3.05, 3.63) is 29.6 Å². The van der Waals surface area contributed by atoms with Crippen molar-refractivity contribution >= 4 is 11.9 Å². The van der Waals surface area contributed by atoms with Crippen molar-refractivity contribution in [1.82, 2.24) is 9.88 Å². The van der Waals surface area contributed by atoms with Crippen molar-refractivity contribution in [2.75, 3.05) is 13.7 Å². The summed E-state index contributed by atoms with van der Waals surface area (Å²) in [5.41, 5.74) is 0.0566. The summed E-state index contributed by atoms with van der Waals surface area (Å²) in [5.74, 6) is -1.53. The second-order valence-electron chi connectivity index (χ2n) is 3.68. The van der Waals surface area contributed by atoms with Gasteiger partial charge in [0.2, 0.25) is 0 Å². The highest BCUT2D eigenvalue weighted by molar-refractivity contribution is 5.96. The summed E-state index contributed by atoms with van der Waals surface area (Å²) in [6, 6.07) is 2.32. The van der Waals surface area contributed by atoms with Crippen LogP contribution in [0.15, 0.2) is 18.3 Å². The molecular weight excluding hydrogens is 224 g/mol. The molecule has 1 amide bonds. The highest BCUT2D eigenvalue weighted by Crippen LogP contribution is 2.07. The average molecular weight is 238 g/mol. The van der Waals surface area contributed by atoms with Gasteiger partial charge in [-0.3, -0.25) is 4.79 Å². The highest BCUT2D eigenvalue weighted by Gasteiger charge is 2.18. The number of rotatable bonds is 4. The quantitative estimate of drug-likeness (QED) is 0.783. The molecule has 6 nitrogen and oxygen atoms in total. The van der Waals surface area contributed by atoms with E-state index in [2.05, 4.69) is 4.98 Å². The molecule has 17 heavy (non-hydrogen) atoms. The minimum Gasteiger partial charge on any atom is -0.477 e. The van der Waals surface area contributed by atoms with Gasteiger partial charge in [-0.2, -0.15) is 0 Å². The number of carbonyl (C=O) groups excluding carboxylic acids is 1. The van der Waals surface area contributed by atoms with Gasteiger partial charge in [-0.05, 0) is 19.1 Å². The van der Waals surface area contributed by atoms with Crippen LogP contribution in [0, 0.1) is 0 Å². The van der Waals surface area contributed by atoms with Crippen LogP contribution >= 0.6 is 0 Å². The van der Waals surface area contributed by atoms with Crippen molar-refractivity contribution in [2.45, 2.75) is 13.0 Å². The van der Waals surface area contributed by atoms with Crippen molar-refractivity contribution in [1.29, 1.82) is 0 Å². The molecule has 0 spiro atoms. The van der Waals surface area contributed by atoms with E-state index in [0.29, 0.717) is 0 Å². The zero-order valence-electron chi connectivity index (χ0n) is 9.62. The maximum atomic E-state index is 11.9. The van der Waals surface area contributed by atoms with Crippen LogP contribution in [0.1, 0.15) is 27.8 Å². The Kier molecular flexibility index (Phi) is 4.17. The van der Waals surface area contributed by atoms with E-state index in [9.17, 15) is 9.59 Å². The van der Waals surface area contributed by atoms with Crippen LogP contribution in [-0.2, 0) is 0 Å². The average Bonchev–Trinajstić information content (AvgIpc) is 2.36. The number of likely N-dealkylation sites (N-methyl/N-ethyl adjacent to an activating group) is 1. The molecule has 0 radical (unpaired) electrons. The molecule has 1 rings (SSSR count). The number of amides is 1. The van der Waals surface area contributed by atoms with Crippen LogP contribution in [0.5, 0.6) is 0 Å². The molecular formula is C11H14N2O4.